The Balaban J connectivity index is 2.77. The van der Waals surface area contributed by atoms with Gasteiger partial charge in [-0.1, -0.05) is 32.4 Å². The second-order valence-corrected chi connectivity index (χ2v) is 7.36. The molecule has 0 fully saturated rings. The van der Waals surface area contributed by atoms with Gasteiger partial charge < -0.3 is 5.32 Å². The summed E-state index contributed by atoms with van der Waals surface area (Å²) in [6.07, 6.45) is 1.70. The number of nitrogens with one attached hydrogen (secondary N) is 1. The lowest BCUT2D eigenvalue weighted by Gasteiger charge is -2.18. The first-order chi connectivity index (χ1) is 9.89. The third-order valence-electron chi connectivity index (χ3n) is 3.30. The topological polar surface area (TPSA) is 89.3 Å². The van der Waals surface area contributed by atoms with Crippen LogP contribution < -0.4 is 5.32 Å². The molecule has 0 aromatic heterocycles. The normalized spacial score (nSPS) is 13.0. The zero-order valence-electron chi connectivity index (χ0n) is 12.4. The fourth-order valence-corrected chi connectivity index (χ4v) is 2.78. The van der Waals surface area contributed by atoms with E-state index < -0.39 is 14.8 Å². The molecule has 0 saturated carbocycles. The van der Waals surface area contributed by atoms with E-state index in [0.29, 0.717) is 6.54 Å². The van der Waals surface area contributed by atoms with Crippen LogP contribution >= 0.6 is 0 Å². The summed E-state index contributed by atoms with van der Waals surface area (Å²) in [6.45, 7) is 4.00. The first kappa shape index (κ1) is 17.6. The molecule has 118 valence electrons. The van der Waals surface area contributed by atoms with Gasteiger partial charge in [0.1, 0.15) is 0 Å². The summed E-state index contributed by atoms with van der Waals surface area (Å²) >= 11 is 0. The Labute approximate surface area is 125 Å². The van der Waals surface area contributed by atoms with E-state index in [9.17, 15) is 18.5 Å². The molecule has 0 heterocycles. The van der Waals surface area contributed by atoms with Gasteiger partial charge in [-0.05, 0) is 12.0 Å². The molecule has 0 bridgehead atoms. The smallest absolute Gasteiger partial charge is 0.269 e. The maximum absolute atomic E-state index is 11.5. The largest absolute Gasteiger partial charge is 0.309 e. The van der Waals surface area contributed by atoms with E-state index in [-0.39, 0.29) is 23.2 Å². The Hall–Kier alpha value is -1.47. The summed E-state index contributed by atoms with van der Waals surface area (Å²) in [5.74, 6) is 0.211. The summed E-state index contributed by atoms with van der Waals surface area (Å²) in [6, 6.07) is 6.41. The highest BCUT2D eigenvalue weighted by Gasteiger charge is 2.15. The van der Waals surface area contributed by atoms with Gasteiger partial charge >= 0.3 is 0 Å². The van der Waals surface area contributed by atoms with Gasteiger partial charge in [0.25, 0.3) is 5.69 Å². The third kappa shape index (κ3) is 5.81. The van der Waals surface area contributed by atoms with E-state index in [4.69, 9.17) is 0 Å². The van der Waals surface area contributed by atoms with Crippen molar-refractivity contribution in [1.82, 2.24) is 5.32 Å². The predicted molar refractivity (Wildman–Crippen MR) is 83.1 cm³/mol. The molecule has 6 nitrogen and oxygen atoms in total. The van der Waals surface area contributed by atoms with Crippen LogP contribution in [0.1, 0.15) is 38.3 Å². The molecule has 7 heteroatoms. The van der Waals surface area contributed by atoms with Crippen molar-refractivity contribution in [2.24, 2.45) is 0 Å². The van der Waals surface area contributed by atoms with Crippen molar-refractivity contribution in [2.45, 2.75) is 32.7 Å². The molecule has 0 amide bonds. The number of rotatable bonds is 9. The Morgan fingerprint density at radius 2 is 2.05 bits per heavy atom. The number of nitrogens with zero attached hydrogens (tertiary/aromatic N) is 1. The highest BCUT2D eigenvalue weighted by molar-refractivity contribution is 7.91. The average molecular weight is 314 g/mol. The van der Waals surface area contributed by atoms with Gasteiger partial charge in [0, 0.05) is 30.5 Å². The van der Waals surface area contributed by atoms with Crippen LogP contribution in [0.15, 0.2) is 24.3 Å². The second-order valence-electron chi connectivity index (χ2n) is 4.88. The fourth-order valence-electron chi connectivity index (χ4n) is 2.06. The number of hydrogen-bond donors (Lipinski definition) is 1. The zero-order valence-corrected chi connectivity index (χ0v) is 13.2. The minimum absolute atomic E-state index is 0.0524. The van der Waals surface area contributed by atoms with Crippen LogP contribution in [0, 0.1) is 10.1 Å². The van der Waals surface area contributed by atoms with Crippen molar-refractivity contribution in [3.8, 4) is 0 Å². The van der Waals surface area contributed by atoms with Gasteiger partial charge in [0.05, 0.1) is 10.7 Å². The lowest BCUT2D eigenvalue weighted by molar-refractivity contribution is -0.384. The predicted octanol–water partition coefficient (Wildman–Crippen LogP) is 2.46. The molecule has 1 atom stereocenters. The van der Waals surface area contributed by atoms with Crippen molar-refractivity contribution < 1.29 is 13.3 Å². The maximum atomic E-state index is 11.5. The molecular formula is C14H22N2O4S. The number of nitro benzene ring substituents is 1. The Morgan fingerprint density at radius 3 is 2.62 bits per heavy atom. The van der Waals surface area contributed by atoms with Crippen molar-refractivity contribution in [3.05, 3.63) is 39.9 Å². The van der Waals surface area contributed by atoms with E-state index in [1.54, 1.807) is 19.1 Å². The summed E-state index contributed by atoms with van der Waals surface area (Å²) in [4.78, 5) is 10.4. The number of nitro groups is 1. The van der Waals surface area contributed by atoms with Crippen LogP contribution in [0.5, 0.6) is 0 Å². The zero-order chi connectivity index (χ0) is 15.9. The molecular weight excluding hydrogens is 292 g/mol. The summed E-state index contributed by atoms with van der Waals surface area (Å²) < 4.78 is 23.0. The first-order valence-corrected chi connectivity index (χ1v) is 8.90. The van der Waals surface area contributed by atoms with Crippen molar-refractivity contribution >= 4 is 15.5 Å². The number of sulfone groups is 1. The first-order valence-electron chi connectivity index (χ1n) is 7.07. The van der Waals surface area contributed by atoms with Crippen LogP contribution in [0.2, 0.25) is 0 Å². The van der Waals surface area contributed by atoms with Gasteiger partial charge in [-0.3, -0.25) is 10.1 Å². The number of benzene rings is 1. The van der Waals surface area contributed by atoms with Crippen LogP contribution in [0.4, 0.5) is 5.69 Å². The average Bonchev–Trinajstić information content (AvgIpc) is 2.46. The maximum Gasteiger partial charge on any atom is 0.269 e. The van der Waals surface area contributed by atoms with Crippen LogP contribution in [0.25, 0.3) is 0 Å². The minimum atomic E-state index is -3.00. The molecule has 1 rings (SSSR count). The third-order valence-corrected chi connectivity index (χ3v) is 5.01. The SMILES string of the molecule is CCCC(NCCS(=O)(=O)CC)c1cccc([N+](=O)[O-])c1. The molecule has 1 aromatic rings. The highest BCUT2D eigenvalue weighted by atomic mass is 32.2. The van der Waals surface area contributed by atoms with Crippen LogP contribution in [-0.2, 0) is 9.84 Å². The van der Waals surface area contributed by atoms with Gasteiger partial charge in [-0.2, -0.15) is 0 Å². The molecule has 0 aliphatic rings. The van der Waals surface area contributed by atoms with E-state index in [1.807, 2.05) is 13.0 Å². The molecule has 1 N–H and O–H groups in total. The summed E-state index contributed by atoms with van der Waals surface area (Å²) in [5.41, 5.74) is 0.872. The molecule has 0 radical (unpaired) electrons. The van der Waals surface area contributed by atoms with E-state index in [2.05, 4.69) is 5.32 Å². The van der Waals surface area contributed by atoms with Gasteiger partial charge in [0.2, 0.25) is 0 Å². The summed E-state index contributed by atoms with van der Waals surface area (Å²) in [7, 11) is -3.00. The van der Waals surface area contributed by atoms with Crippen molar-refractivity contribution in [2.75, 3.05) is 18.1 Å². The van der Waals surface area contributed by atoms with Crippen LogP contribution in [-0.4, -0.2) is 31.4 Å². The molecule has 0 aliphatic carbocycles. The lowest BCUT2D eigenvalue weighted by Crippen LogP contribution is -2.28. The molecule has 21 heavy (non-hydrogen) atoms. The number of hydrogen-bond acceptors (Lipinski definition) is 5. The fraction of sp³-hybridized carbons (Fsp3) is 0.571. The van der Waals surface area contributed by atoms with Crippen molar-refractivity contribution in [3.63, 3.8) is 0 Å². The lowest BCUT2D eigenvalue weighted by atomic mass is 10.0. The van der Waals surface area contributed by atoms with Gasteiger partial charge in [0.15, 0.2) is 9.84 Å². The van der Waals surface area contributed by atoms with Crippen molar-refractivity contribution in [1.29, 1.82) is 0 Å². The Kier molecular flexibility index (Phi) is 6.77. The molecule has 0 aliphatic heterocycles. The van der Waals surface area contributed by atoms with E-state index in [0.717, 1.165) is 18.4 Å². The molecule has 0 spiro atoms. The molecule has 0 saturated heterocycles. The van der Waals surface area contributed by atoms with Gasteiger partial charge in [-0.25, -0.2) is 8.42 Å². The van der Waals surface area contributed by atoms with E-state index >= 15 is 0 Å². The Bertz CT molecular complexity index is 572. The summed E-state index contributed by atoms with van der Waals surface area (Å²) in [5, 5.41) is 14.0. The monoisotopic (exact) mass is 314 g/mol. The minimum Gasteiger partial charge on any atom is -0.309 e. The standard InChI is InChI=1S/C14H22N2O4S/c1-3-6-14(15-9-10-21(19,20)4-2)12-7-5-8-13(11-12)16(17)18/h5,7-8,11,14-15H,3-4,6,9-10H2,1-2H3. The molecule has 1 aromatic carbocycles. The highest BCUT2D eigenvalue weighted by Crippen LogP contribution is 2.22. The quantitative estimate of drug-likeness (QED) is 0.558. The molecule has 1 unspecified atom stereocenters. The van der Waals surface area contributed by atoms with Gasteiger partial charge in [-0.15, -0.1) is 0 Å². The van der Waals surface area contributed by atoms with E-state index in [1.165, 1.54) is 6.07 Å². The van der Waals surface area contributed by atoms with Crippen LogP contribution in [0.3, 0.4) is 0 Å². The second kappa shape index (κ2) is 8.09. The Morgan fingerprint density at radius 1 is 1.33 bits per heavy atom. The number of non-ortho nitro benzene ring substituents is 1.